The average Bonchev–Trinajstić information content (AvgIpc) is 2.77. The number of ketones is 1. The molecule has 0 spiro atoms. The van der Waals surface area contributed by atoms with Crippen LogP contribution < -0.4 is 0 Å². The molecular weight excluding hydrogens is 172 g/mol. The molecule has 4 nitrogen and oxygen atoms in total. The molecule has 1 saturated heterocycles. The third kappa shape index (κ3) is 1.46. The monoisotopic (exact) mass is 184 g/mol. The molecule has 1 saturated carbocycles. The Bertz CT molecular complexity index is 256. The Balaban J connectivity index is 2.01. The van der Waals surface area contributed by atoms with E-state index in [1.807, 2.05) is 6.92 Å². The largest absolute Gasteiger partial charge is 0.460 e. The van der Waals surface area contributed by atoms with Gasteiger partial charge >= 0.3 is 5.97 Å². The first-order valence-corrected chi connectivity index (χ1v) is 4.46. The number of fused-ring (bicyclic) bond motifs is 1. The van der Waals surface area contributed by atoms with Crippen LogP contribution >= 0.6 is 0 Å². The van der Waals surface area contributed by atoms with Crippen LogP contribution in [0, 0.1) is 5.92 Å². The second-order valence-electron chi connectivity index (χ2n) is 3.71. The maximum absolute atomic E-state index is 11.3. The first kappa shape index (κ1) is 8.69. The van der Waals surface area contributed by atoms with Gasteiger partial charge in [0.1, 0.15) is 18.3 Å². The number of esters is 1. The van der Waals surface area contributed by atoms with Crippen molar-refractivity contribution in [1.29, 1.82) is 0 Å². The van der Waals surface area contributed by atoms with Gasteiger partial charge in [-0.05, 0) is 6.42 Å². The Labute approximate surface area is 76.2 Å². The normalized spacial score (nSPS) is 42.5. The fourth-order valence-electron chi connectivity index (χ4n) is 1.84. The summed E-state index contributed by atoms with van der Waals surface area (Å²) < 4.78 is 10.2. The molecule has 2 rings (SSSR count). The van der Waals surface area contributed by atoms with Crippen LogP contribution in [-0.4, -0.2) is 30.1 Å². The molecule has 1 aliphatic heterocycles. The Morgan fingerprint density at radius 3 is 2.92 bits per heavy atom. The summed E-state index contributed by atoms with van der Waals surface area (Å²) in [6.07, 6.45) is -0.0737. The number of carbonyl (C=O) groups excluding carboxylic acids is 2. The van der Waals surface area contributed by atoms with Crippen molar-refractivity contribution < 1.29 is 19.1 Å². The van der Waals surface area contributed by atoms with E-state index in [1.54, 1.807) is 0 Å². The molecule has 0 bridgehead atoms. The van der Waals surface area contributed by atoms with Crippen LogP contribution in [0.25, 0.3) is 0 Å². The van der Waals surface area contributed by atoms with E-state index in [1.165, 1.54) is 6.92 Å². The van der Waals surface area contributed by atoms with E-state index in [0.717, 1.165) is 0 Å². The number of epoxide rings is 1. The summed E-state index contributed by atoms with van der Waals surface area (Å²) in [5, 5.41) is 0. The van der Waals surface area contributed by atoms with Crippen molar-refractivity contribution in [1.82, 2.24) is 0 Å². The summed E-state index contributed by atoms with van der Waals surface area (Å²) in [6, 6.07) is 0. The van der Waals surface area contributed by atoms with E-state index < -0.39 is 0 Å². The van der Waals surface area contributed by atoms with Crippen molar-refractivity contribution in [2.75, 3.05) is 0 Å². The lowest BCUT2D eigenvalue weighted by Crippen LogP contribution is -2.36. The Morgan fingerprint density at radius 2 is 2.31 bits per heavy atom. The quantitative estimate of drug-likeness (QED) is 0.434. The van der Waals surface area contributed by atoms with Crippen LogP contribution in [0.4, 0.5) is 0 Å². The highest BCUT2D eigenvalue weighted by Gasteiger charge is 2.56. The predicted octanol–water partition coefficient (Wildman–Crippen LogP) is 0.294. The minimum atomic E-state index is -0.305. The fraction of sp³-hybridized carbons (Fsp3) is 0.778. The summed E-state index contributed by atoms with van der Waals surface area (Å²) >= 11 is 0. The van der Waals surface area contributed by atoms with Crippen LogP contribution in [0.1, 0.15) is 20.3 Å². The van der Waals surface area contributed by atoms with Gasteiger partial charge in [0.15, 0.2) is 5.78 Å². The molecule has 13 heavy (non-hydrogen) atoms. The molecule has 0 N–H and O–H groups in total. The first-order valence-electron chi connectivity index (χ1n) is 4.46. The van der Waals surface area contributed by atoms with Crippen LogP contribution in [0.2, 0.25) is 0 Å². The van der Waals surface area contributed by atoms with Gasteiger partial charge in [0.2, 0.25) is 0 Å². The Morgan fingerprint density at radius 1 is 1.62 bits per heavy atom. The topological polar surface area (TPSA) is 55.9 Å². The lowest BCUT2D eigenvalue weighted by molar-refractivity contribution is -0.149. The van der Waals surface area contributed by atoms with Gasteiger partial charge in [0.25, 0.3) is 0 Å². The molecule has 0 aromatic rings. The van der Waals surface area contributed by atoms with E-state index in [-0.39, 0.29) is 36.0 Å². The molecule has 4 heteroatoms. The molecule has 1 aliphatic carbocycles. The zero-order valence-corrected chi connectivity index (χ0v) is 7.65. The van der Waals surface area contributed by atoms with Gasteiger partial charge in [0.05, 0.1) is 0 Å². The van der Waals surface area contributed by atoms with Gasteiger partial charge in [-0.3, -0.25) is 9.59 Å². The van der Waals surface area contributed by atoms with E-state index in [4.69, 9.17) is 9.47 Å². The molecule has 1 unspecified atom stereocenters. The second kappa shape index (κ2) is 2.80. The zero-order chi connectivity index (χ0) is 9.59. The SMILES string of the molecule is CC(=O)O[C@@H]1CC(C)C(=O)[C@H]2O[C@H]21. The zero-order valence-electron chi connectivity index (χ0n) is 7.65. The van der Waals surface area contributed by atoms with Crippen LogP contribution in [-0.2, 0) is 19.1 Å². The van der Waals surface area contributed by atoms with E-state index in [2.05, 4.69) is 0 Å². The molecule has 4 atom stereocenters. The summed E-state index contributed by atoms with van der Waals surface area (Å²) in [4.78, 5) is 22.0. The number of Topliss-reactive ketones (excluding diaryl/α,β-unsaturated/α-hetero) is 1. The lowest BCUT2D eigenvalue weighted by Gasteiger charge is -2.21. The van der Waals surface area contributed by atoms with Gasteiger partial charge in [-0.25, -0.2) is 0 Å². The number of hydrogen-bond acceptors (Lipinski definition) is 4. The minimum Gasteiger partial charge on any atom is -0.460 e. The van der Waals surface area contributed by atoms with Crippen molar-refractivity contribution in [3.8, 4) is 0 Å². The smallest absolute Gasteiger partial charge is 0.302 e. The number of hydrogen-bond donors (Lipinski definition) is 0. The van der Waals surface area contributed by atoms with E-state index >= 15 is 0 Å². The molecule has 72 valence electrons. The molecule has 1 heterocycles. The average molecular weight is 184 g/mol. The highest BCUT2D eigenvalue weighted by Crippen LogP contribution is 2.38. The molecule has 0 aromatic carbocycles. The van der Waals surface area contributed by atoms with E-state index in [9.17, 15) is 9.59 Å². The summed E-state index contributed by atoms with van der Waals surface area (Å²) in [5.74, 6) is -0.206. The Kier molecular flexibility index (Phi) is 1.87. The fourth-order valence-corrected chi connectivity index (χ4v) is 1.84. The maximum atomic E-state index is 11.3. The second-order valence-corrected chi connectivity index (χ2v) is 3.71. The van der Waals surface area contributed by atoms with Crippen molar-refractivity contribution in [2.24, 2.45) is 5.92 Å². The van der Waals surface area contributed by atoms with Crippen molar-refractivity contribution >= 4 is 11.8 Å². The standard InChI is InChI=1S/C9H12O4/c1-4-3-6(12-5(2)10)8-9(13-8)7(4)11/h4,6,8-9H,3H2,1-2H3/t4?,6-,8+,9-/m1/s1. The van der Waals surface area contributed by atoms with Crippen molar-refractivity contribution in [3.05, 3.63) is 0 Å². The van der Waals surface area contributed by atoms with E-state index in [0.29, 0.717) is 6.42 Å². The van der Waals surface area contributed by atoms with Gasteiger partial charge < -0.3 is 9.47 Å². The Hall–Kier alpha value is -0.900. The number of ether oxygens (including phenoxy) is 2. The molecule has 2 aliphatic rings. The summed E-state index contributed by atoms with van der Waals surface area (Å²) in [5.41, 5.74) is 0. The first-order chi connectivity index (χ1) is 6.09. The summed E-state index contributed by atoms with van der Waals surface area (Å²) in [6.45, 7) is 3.22. The third-order valence-corrected chi connectivity index (χ3v) is 2.56. The minimum absolute atomic E-state index is 0.0481. The van der Waals surface area contributed by atoms with Crippen LogP contribution in [0.5, 0.6) is 0 Å². The maximum Gasteiger partial charge on any atom is 0.302 e. The van der Waals surface area contributed by atoms with Crippen LogP contribution in [0.3, 0.4) is 0 Å². The molecule has 0 aromatic heterocycles. The lowest BCUT2D eigenvalue weighted by atomic mass is 9.87. The van der Waals surface area contributed by atoms with Gasteiger partial charge in [-0.1, -0.05) is 6.92 Å². The molecule has 2 fully saturated rings. The highest BCUT2D eigenvalue weighted by molar-refractivity contribution is 5.89. The number of carbonyl (C=O) groups is 2. The van der Waals surface area contributed by atoms with Gasteiger partial charge in [-0.15, -0.1) is 0 Å². The van der Waals surface area contributed by atoms with Crippen molar-refractivity contribution in [2.45, 2.75) is 38.6 Å². The highest BCUT2D eigenvalue weighted by atomic mass is 16.6. The molecule has 0 radical (unpaired) electrons. The van der Waals surface area contributed by atoms with Crippen LogP contribution in [0.15, 0.2) is 0 Å². The van der Waals surface area contributed by atoms with Gasteiger partial charge in [-0.2, -0.15) is 0 Å². The van der Waals surface area contributed by atoms with Crippen molar-refractivity contribution in [3.63, 3.8) is 0 Å². The summed E-state index contributed by atoms with van der Waals surface area (Å²) in [7, 11) is 0. The molecule has 0 amide bonds. The number of rotatable bonds is 1. The third-order valence-electron chi connectivity index (χ3n) is 2.56. The predicted molar refractivity (Wildman–Crippen MR) is 43.0 cm³/mol. The van der Waals surface area contributed by atoms with Gasteiger partial charge in [0, 0.05) is 12.8 Å². The molecular formula is C9H12O4.